The number of hydrogen-bond donors (Lipinski definition) is 0. The highest BCUT2D eigenvalue weighted by Crippen LogP contribution is 2.38. The van der Waals surface area contributed by atoms with Gasteiger partial charge in [-0.25, -0.2) is 18.2 Å². The van der Waals surface area contributed by atoms with E-state index in [0.29, 0.717) is 30.8 Å². The molecule has 194 valence electrons. The molecule has 0 radical (unpaired) electrons. The molecule has 2 aliphatic rings. The van der Waals surface area contributed by atoms with E-state index in [1.54, 1.807) is 18.3 Å². The van der Waals surface area contributed by atoms with Crippen LogP contribution in [0.4, 0.5) is 13.2 Å². The van der Waals surface area contributed by atoms with Gasteiger partial charge < -0.3 is 14.2 Å². The number of hydrogen-bond acceptors (Lipinski definition) is 4. The van der Waals surface area contributed by atoms with Crippen LogP contribution in [0, 0.1) is 24.4 Å². The van der Waals surface area contributed by atoms with Gasteiger partial charge in [0, 0.05) is 30.9 Å². The van der Waals surface area contributed by atoms with Crippen LogP contribution in [-0.2, 0) is 4.79 Å². The van der Waals surface area contributed by atoms with Crippen molar-refractivity contribution in [3.63, 3.8) is 0 Å². The van der Waals surface area contributed by atoms with Gasteiger partial charge in [0.15, 0.2) is 17.5 Å². The van der Waals surface area contributed by atoms with E-state index < -0.39 is 23.5 Å². The maximum Gasteiger partial charge on any atom is 0.250 e. The smallest absolute Gasteiger partial charge is 0.250 e. The van der Waals surface area contributed by atoms with Crippen LogP contribution in [0.25, 0.3) is 11.8 Å². The number of halogens is 3. The van der Waals surface area contributed by atoms with E-state index in [9.17, 15) is 18.0 Å². The summed E-state index contributed by atoms with van der Waals surface area (Å²) < 4.78 is 49.4. The molecule has 2 atom stereocenters. The molecule has 2 fully saturated rings. The number of amides is 1. The highest BCUT2D eigenvalue weighted by atomic mass is 19.2. The lowest BCUT2D eigenvalue weighted by Gasteiger charge is -2.49. The minimum absolute atomic E-state index is 0.0964. The van der Waals surface area contributed by atoms with Gasteiger partial charge in [-0.3, -0.25) is 9.69 Å². The first-order valence-electron chi connectivity index (χ1n) is 12.4. The number of nitrogens with zero attached hydrogens (tertiary/aromatic N) is 4. The van der Waals surface area contributed by atoms with Gasteiger partial charge in [0.05, 0.1) is 30.9 Å². The second-order valence-corrected chi connectivity index (χ2v) is 9.59. The Morgan fingerprint density at radius 3 is 2.54 bits per heavy atom. The highest BCUT2D eigenvalue weighted by Gasteiger charge is 2.42. The topological polar surface area (TPSA) is 50.6 Å². The Kier molecular flexibility index (Phi) is 6.81. The third-order valence-electron chi connectivity index (χ3n) is 7.26. The number of carbonyl (C=O) groups is 1. The molecule has 0 unspecified atom stereocenters. The molecule has 2 saturated heterocycles. The molecule has 6 nitrogen and oxygen atoms in total. The van der Waals surface area contributed by atoms with Gasteiger partial charge in [0.25, 0.3) is 5.91 Å². The molecule has 37 heavy (non-hydrogen) atoms. The predicted molar refractivity (Wildman–Crippen MR) is 134 cm³/mol. The van der Waals surface area contributed by atoms with Gasteiger partial charge in [-0.1, -0.05) is 13.0 Å². The SMILES string of the molecule is CCN1C[C@@H]2CCC(=Cc3ccc(-n4cnc(C)c4)c(OC)c3)C(=O)N2[C@H](c2cc(F)c(F)c(F)c2)C1. The van der Waals surface area contributed by atoms with E-state index in [2.05, 4.69) is 9.88 Å². The molecular weight excluding hydrogens is 481 g/mol. The lowest BCUT2D eigenvalue weighted by Crippen LogP contribution is -2.58. The van der Waals surface area contributed by atoms with E-state index >= 15 is 0 Å². The fourth-order valence-electron chi connectivity index (χ4n) is 5.36. The monoisotopic (exact) mass is 510 g/mol. The summed E-state index contributed by atoms with van der Waals surface area (Å²) in [6.45, 7) is 5.77. The van der Waals surface area contributed by atoms with Gasteiger partial charge in [-0.2, -0.15) is 0 Å². The van der Waals surface area contributed by atoms with Crippen molar-refractivity contribution in [1.82, 2.24) is 19.4 Å². The lowest BCUT2D eigenvalue weighted by molar-refractivity contribution is -0.139. The Hall–Kier alpha value is -3.59. The van der Waals surface area contributed by atoms with Gasteiger partial charge in [0.2, 0.25) is 0 Å². The molecular formula is C28H29F3N4O2. The van der Waals surface area contributed by atoms with Crippen LogP contribution in [0.3, 0.4) is 0 Å². The number of methoxy groups -OCH3 is 1. The molecule has 9 heteroatoms. The van der Waals surface area contributed by atoms with E-state index in [-0.39, 0.29) is 17.5 Å². The number of aromatic nitrogens is 2. The number of rotatable bonds is 5. The lowest BCUT2D eigenvalue weighted by atomic mass is 9.88. The predicted octanol–water partition coefficient (Wildman–Crippen LogP) is 5.06. The summed E-state index contributed by atoms with van der Waals surface area (Å²) in [5.74, 6) is -3.53. The van der Waals surface area contributed by atoms with Crippen molar-refractivity contribution in [3.8, 4) is 11.4 Å². The van der Waals surface area contributed by atoms with Crippen molar-refractivity contribution < 1.29 is 22.7 Å². The van der Waals surface area contributed by atoms with Crippen molar-refractivity contribution in [3.05, 3.63) is 82.7 Å². The number of aryl methyl sites for hydroxylation is 1. The summed E-state index contributed by atoms with van der Waals surface area (Å²) in [6.07, 6.45) is 6.77. The largest absolute Gasteiger partial charge is 0.495 e. The van der Waals surface area contributed by atoms with Crippen molar-refractivity contribution in [2.24, 2.45) is 0 Å². The van der Waals surface area contributed by atoms with E-state index in [0.717, 1.165) is 42.0 Å². The van der Waals surface area contributed by atoms with Crippen LogP contribution < -0.4 is 4.74 Å². The Morgan fingerprint density at radius 2 is 1.89 bits per heavy atom. The maximum absolute atomic E-state index is 14.1. The van der Waals surface area contributed by atoms with E-state index in [1.165, 1.54) is 0 Å². The second-order valence-electron chi connectivity index (χ2n) is 9.59. The fraction of sp³-hybridized carbons (Fsp3) is 0.357. The zero-order chi connectivity index (χ0) is 26.3. The van der Waals surface area contributed by atoms with Crippen LogP contribution in [-0.4, -0.2) is 58.0 Å². The number of benzene rings is 2. The summed E-state index contributed by atoms with van der Waals surface area (Å²) in [6, 6.07) is 7.03. The average molecular weight is 511 g/mol. The number of imidazole rings is 1. The Bertz CT molecular complexity index is 1350. The first kappa shape index (κ1) is 25.1. The number of likely N-dealkylation sites (N-methyl/N-ethyl adjacent to an activating group) is 1. The molecule has 1 aromatic heterocycles. The Morgan fingerprint density at radius 1 is 1.14 bits per heavy atom. The fourth-order valence-corrected chi connectivity index (χ4v) is 5.36. The van der Waals surface area contributed by atoms with Crippen LogP contribution in [0.1, 0.15) is 42.6 Å². The summed E-state index contributed by atoms with van der Waals surface area (Å²) in [5.41, 5.74) is 3.39. The van der Waals surface area contributed by atoms with Crippen LogP contribution in [0.15, 0.2) is 48.4 Å². The molecule has 2 aliphatic heterocycles. The molecule has 1 amide bonds. The normalized spacial score (nSPS) is 21.4. The highest BCUT2D eigenvalue weighted by molar-refractivity contribution is 5.99. The molecule has 0 aliphatic carbocycles. The summed E-state index contributed by atoms with van der Waals surface area (Å²) in [4.78, 5) is 21.9. The third-order valence-corrected chi connectivity index (χ3v) is 7.26. The van der Waals surface area contributed by atoms with Gasteiger partial charge in [-0.05, 0) is 67.8 Å². The van der Waals surface area contributed by atoms with Crippen LogP contribution in [0.5, 0.6) is 5.75 Å². The molecule has 0 N–H and O–H groups in total. The zero-order valence-corrected chi connectivity index (χ0v) is 21.0. The molecule has 0 bridgehead atoms. The molecule has 2 aromatic carbocycles. The number of carbonyl (C=O) groups excluding carboxylic acids is 1. The van der Waals surface area contributed by atoms with Crippen LogP contribution in [0.2, 0.25) is 0 Å². The number of piperazine rings is 1. The van der Waals surface area contributed by atoms with Gasteiger partial charge >= 0.3 is 0 Å². The summed E-state index contributed by atoms with van der Waals surface area (Å²) >= 11 is 0. The number of fused-ring (bicyclic) bond motifs is 1. The molecule has 5 rings (SSSR count). The molecule has 0 spiro atoms. The standard InChI is InChI=1S/C28H29F3N4O2/c1-4-33-14-21-7-6-19(9-18-5-8-24(26(10-18)37-3)34-13-17(2)32-16-34)28(36)35(21)25(15-33)20-11-22(29)27(31)23(30)12-20/h5,8-13,16,21,25H,4,6-7,14-15H2,1-3H3/t21-,25-/m0/s1. The zero-order valence-electron chi connectivity index (χ0n) is 21.0. The first-order valence-corrected chi connectivity index (χ1v) is 12.4. The van der Waals surface area contributed by atoms with Gasteiger partial charge in [0.1, 0.15) is 5.75 Å². The van der Waals surface area contributed by atoms with Crippen molar-refractivity contribution in [1.29, 1.82) is 0 Å². The maximum atomic E-state index is 14.1. The number of ether oxygens (including phenoxy) is 1. The van der Waals surface area contributed by atoms with Gasteiger partial charge in [-0.15, -0.1) is 0 Å². The Balaban J connectivity index is 1.48. The minimum Gasteiger partial charge on any atom is -0.495 e. The Labute approximate surface area is 214 Å². The minimum atomic E-state index is -1.50. The van der Waals surface area contributed by atoms with Crippen molar-refractivity contribution >= 4 is 12.0 Å². The molecule has 3 heterocycles. The third kappa shape index (κ3) is 4.75. The van der Waals surface area contributed by atoms with E-state index in [1.807, 2.05) is 48.9 Å². The average Bonchev–Trinajstić information content (AvgIpc) is 3.33. The summed E-state index contributed by atoms with van der Waals surface area (Å²) in [5, 5.41) is 0. The number of piperidine rings is 1. The van der Waals surface area contributed by atoms with Crippen molar-refractivity contribution in [2.45, 2.75) is 38.8 Å². The first-order chi connectivity index (χ1) is 17.8. The quantitative estimate of drug-likeness (QED) is 0.356. The molecule has 0 saturated carbocycles. The van der Waals surface area contributed by atoms with Crippen molar-refractivity contribution in [2.75, 3.05) is 26.7 Å². The molecule has 3 aromatic rings. The van der Waals surface area contributed by atoms with Crippen LogP contribution >= 0.6 is 0 Å². The summed E-state index contributed by atoms with van der Waals surface area (Å²) in [7, 11) is 1.59. The second kappa shape index (κ2) is 10.0. The van der Waals surface area contributed by atoms with E-state index in [4.69, 9.17) is 4.74 Å².